The van der Waals surface area contributed by atoms with Crippen LogP contribution >= 0.6 is 0 Å². The highest BCUT2D eigenvalue weighted by molar-refractivity contribution is 5.29. The summed E-state index contributed by atoms with van der Waals surface area (Å²) in [6, 6.07) is 7.87. The van der Waals surface area contributed by atoms with Crippen molar-refractivity contribution in [3.8, 4) is 5.75 Å². The summed E-state index contributed by atoms with van der Waals surface area (Å²) in [5, 5.41) is 10.3. The molecule has 0 aromatic heterocycles. The Kier molecular flexibility index (Phi) is 3.69. The molecule has 2 rings (SSSR count). The maximum Gasteiger partial charge on any atom is 0.119 e. The summed E-state index contributed by atoms with van der Waals surface area (Å²) < 4.78 is 10.6. The van der Waals surface area contributed by atoms with Gasteiger partial charge in [-0.25, -0.2) is 0 Å². The number of hydrogen-bond acceptors (Lipinski definition) is 3. The lowest BCUT2D eigenvalue weighted by Gasteiger charge is -2.43. The Hall–Kier alpha value is -1.06. The number of hydrogen-bond donors (Lipinski definition) is 1. The van der Waals surface area contributed by atoms with E-state index < -0.39 is 5.60 Å². The highest BCUT2D eigenvalue weighted by Crippen LogP contribution is 2.37. The van der Waals surface area contributed by atoms with Gasteiger partial charge in [0.15, 0.2) is 0 Å². The largest absolute Gasteiger partial charge is 0.497 e. The Morgan fingerprint density at radius 2 is 2.18 bits per heavy atom. The van der Waals surface area contributed by atoms with E-state index in [1.165, 1.54) is 0 Å². The molecular weight excluding hydrogens is 216 g/mol. The minimum Gasteiger partial charge on any atom is -0.497 e. The van der Waals surface area contributed by atoms with Crippen LogP contribution in [0.5, 0.6) is 5.75 Å². The van der Waals surface area contributed by atoms with Crippen molar-refractivity contribution in [2.75, 3.05) is 13.7 Å². The number of methoxy groups -OCH3 is 1. The second kappa shape index (κ2) is 5.07. The van der Waals surface area contributed by atoms with E-state index in [1.807, 2.05) is 31.2 Å². The highest BCUT2D eigenvalue weighted by atomic mass is 16.5. The van der Waals surface area contributed by atoms with Gasteiger partial charge in [0.2, 0.25) is 0 Å². The van der Waals surface area contributed by atoms with Gasteiger partial charge in [-0.1, -0.05) is 12.1 Å². The average Bonchev–Trinajstić information content (AvgIpc) is 2.27. The molecule has 1 aliphatic carbocycles. The van der Waals surface area contributed by atoms with E-state index in [2.05, 4.69) is 0 Å². The summed E-state index contributed by atoms with van der Waals surface area (Å²) in [6.07, 6.45) is 2.37. The molecule has 0 bridgehead atoms. The first-order chi connectivity index (χ1) is 8.15. The van der Waals surface area contributed by atoms with Crippen LogP contribution < -0.4 is 4.74 Å². The predicted octanol–water partition coefficient (Wildman–Crippen LogP) is 2.17. The van der Waals surface area contributed by atoms with Gasteiger partial charge in [0.05, 0.1) is 18.8 Å². The fourth-order valence-corrected chi connectivity index (χ4v) is 2.45. The molecule has 94 valence electrons. The quantitative estimate of drug-likeness (QED) is 0.851. The van der Waals surface area contributed by atoms with Crippen LogP contribution in [0.2, 0.25) is 0 Å². The van der Waals surface area contributed by atoms with Crippen LogP contribution in [0.1, 0.15) is 25.3 Å². The lowest BCUT2D eigenvalue weighted by Crippen LogP contribution is -2.49. The van der Waals surface area contributed by atoms with Gasteiger partial charge in [0, 0.05) is 25.9 Å². The van der Waals surface area contributed by atoms with Crippen molar-refractivity contribution < 1.29 is 14.6 Å². The van der Waals surface area contributed by atoms with Crippen LogP contribution in [-0.4, -0.2) is 30.5 Å². The van der Waals surface area contributed by atoms with Crippen LogP contribution in [0.15, 0.2) is 24.3 Å². The zero-order valence-corrected chi connectivity index (χ0v) is 10.5. The second-order valence-corrected chi connectivity index (χ2v) is 4.74. The van der Waals surface area contributed by atoms with Gasteiger partial charge < -0.3 is 14.6 Å². The van der Waals surface area contributed by atoms with E-state index in [9.17, 15) is 5.11 Å². The molecule has 0 heterocycles. The molecule has 0 spiro atoms. The van der Waals surface area contributed by atoms with Crippen molar-refractivity contribution in [3.63, 3.8) is 0 Å². The highest BCUT2D eigenvalue weighted by Gasteiger charge is 2.43. The van der Waals surface area contributed by atoms with E-state index >= 15 is 0 Å². The van der Waals surface area contributed by atoms with Crippen LogP contribution in [0, 0.1) is 0 Å². The van der Waals surface area contributed by atoms with E-state index in [0.717, 1.165) is 30.8 Å². The van der Waals surface area contributed by atoms with Crippen LogP contribution in [0.4, 0.5) is 0 Å². The summed E-state index contributed by atoms with van der Waals surface area (Å²) in [7, 11) is 1.66. The van der Waals surface area contributed by atoms with Crippen molar-refractivity contribution in [3.05, 3.63) is 29.8 Å². The summed E-state index contributed by atoms with van der Waals surface area (Å²) in [5.74, 6) is 0.840. The number of benzene rings is 1. The first-order valence-corrected chi connectivity index (χ1v) is 6.12. The van der Waals surface area contributed by atoms with Gasteiger partial charge in [0.1, 0.15) is 5.75 Å². The van der Waals surface area contributed by atoms with Gasteiger partial charge in [-0.3, -0.25) is 0 Å². The molecule has 17 heavy (non-hydrogen) atoms. The molecular formula is C14H20O3. The molecule has 3 heteroatoms. The van der Waals surface area contributed by atoms with Crippen molar-refractivity contribution in [1.29, 1.82) is 0 Å². The Morgan fingerprint density at radius 3 is 2.82 bits per heavy atom. The third kappa shape index (κ3) is 2.99. The molecule has 1 fully saturated rings. The van der Waals surface area contributed by atoms with Crippen LogP contribution in [0.25, 0.3) is 0 Å². The van der Waals surface area contributed by atoms with E-state index in [4.69, 9.17) is 9.47 Å². The zero-order valence-electron chi connectivity index (χ0n) is 10.5. The molecule has 0 radical (unpaired) electrons. The van der Waals surface area contributed by atoms with Crippen molar-refractivity contribution in [2.45, 2.75) is 37.9 Å². The van der Waals surface area contributed by atoms with Crippen molar-refractivity contribution in [1.82, 2.24) is 0 Å². The zero-order chi connectivity index (χ0) is 12.3. The minimum absolute atomic E-state index is 0.232. The number of aliphatic hydroxyl groups is 1. The molecule has 1 aromatic rings. The summed E-state index contributed by atoms with van der Waals surface area (Å²) in [6.45, 7) is 2.71. The molecule has 0 atom stereocenters. The van der Waals surface area contributed by atoms with Gasteiger partial charge in [0.25, 0.3) is 0 Å². The molecule has 1 aliphatic rings. The van der Waals surface area contributed by atoms with Gasteiger partial charge in [-0.2, -0.15) is 0 Å². The lowest BCUT2D eigenvalue weighted by atomic mass is 9.73. The normalized spacial score (nSPS) is 27.6. The minimum atomic E-state index is -0.591. The molecule has 0 saturated heterocycles. The van der Waals surface area contributed by atoms with Gasteiger partial charge >= 0.3 is 0 Å². The summed E-state index contributed by atoms with van der Waals surface area (Å²) >= 11 is 0. The fraction of sp³-hybridized carbons (Fsp3) is 0.571. The summed E-state index contributed by atoms with van der Waals surface area (Å²) in [4.78, 5) is 0. The standard InChI is InChI=1S/C14H20O3/c1-3-17-13-9-14(15,10-13)8-11-5-4-6-12(7-11)16-2/h4-7,13,15H,3,8-10H2,1-2H3. The molecule has 0 aliphatic heterocycles. The third-order valence-electron chi connectivity index (χ3n) is 3.28. The monoisotopic (exact) mass is 236 g/mol. The van der Waals surface area contributed by atoms with E-state index in [0.29, 0.717) is 6.42 Å². The smallest absolute Gasteiger partial charge is 0.119 e. The lowest BCUT2D eigenvalue weighted by molar-refractivity contribution is -0.136. The SMILES string of the molecule is CCOC1CC(O)(Cc2cccc(OC)c2)C1. The molecule has 1 N–H and O–H groups in total. The Balaban J connectivity index is 1.93. The maximum atomic E-state index is 10.3. The van der Waals surface area contributed by atoms with E-state index in [-0.39, 0.29) is 6.10 Å². The number of rotatable bonds is 5. The maximum absolute atomic E-state index is 10.3. The van der Waals surface area contributed by atoms with E-state index in [1.54, 1.807) is 7.11 Å². The second-order valence-electron chi connectivity index (χ2n) is 4.74. The first-order valence-electron chi connectivity index (χ1n) is 6.12. The first kappa shape index (κ1) is 12.4. The van der Waals surface area contributed by atoms with Gasteiger partial charge in [-0.15, -0.1) is 0 Å². The Labute approximate surface area is 102 Å². The summed E-state index contributed by atoms with van der Waals surface area (Å²) in [5.41, 5.74) is 0.522. The van der Waals surface area contributed by atoms with Crippen molar-refractivity contribution in [2.24, 2.45) is 0 Å². The number of ether oxygens (including phenoxy) is 2. The van der Waals surface area contributed by atoms with Crippen molar-refractivity contribution >= 4 is 0 Å². The van der Waals surface area contributed by atoms with Crippen LogP contribution in [0.3, 0.4) is 0 Å². The topological polar surface area (TPSA) is 38.7 Å². The molecule has 3 nitrogen and oxygen atoms in total. The molecule has 0 amide bonds. The fourth-order valence-electron chi connectivity index (χ4n) is 2.45. The molecule has 0 unspecified atom stereocenters. The van der Waals surface area contributed by atoms with Gasteiger partial charge in [-0.05, 0) is 24.6 Å². The third-order valence-corrected chi connectivity index (χ3v) is 3.28. The predicted molar refractivity (Wildman–Crippen MR) is 66.3 cm³/mol. The Morgan fingerprint density at radius 1 is 1.41 bits per heavy atom. The van der Waals surface area contributed by atoms with Crippen LogP contribution in [-0.2, 0) is 11.2 Å². The molecule has 1 aromatic carbocycles. The average molecular weight is 236 g/mol. The molecule has 1 saturated carbocycles. The Bertz CT molecular complexity index is 369.